The standard InChI is InChI=1S/C24H18ClIN2O2/c1-16-3-2-4-18(11-16)15-30-23-10-5-17(13-22(23)26)12-19(14-27)24(29)28-21-8-6-20(25)7-9-21/h2-13H,15H2,1H3,(H,28,29)/b19-12-. The molecule has 0 aliphatic rings. The molecule has 0 unspecified atom stereocenters. The molecule has 6 heteroatoms. The lowest BCUT2D eigenvalue weighted by Crippen LogP contribution is -2.13. The van der Waals surface area contributed by atoms with Crippen LogP contribution in [0.3, 0.4) is 0 Å². The van der Waals surface area contributed by atoms with E-state index >= 15 is 0 Å². The molecule has 0 saturated heterocycles. The Bertz CT molecular complexity index is 1130. The third-order valence-electron chi connectivity index (χ3n) is 4.21. The quantitative estimate of drug-likeness (QED) is 0.229. The molecule has 0 radical (unpaired) electrons. The lowest BCUT2D eigenvalue weighted by Gasteiger charge is -2.10. The Kier molecular flexibility index (Phi) is 7.50. The van der Waals surface area contributed by atoms with Crippen LogP contribution in [-0.4, -0.2) is 5.91 Å². The molecule has 150 valence electrons. The molecule has 3 rings (SSSR count). The lowest BCUT2D eigenvalue weighted by molar-refractivity contribution is -0.112. The maximum Gasteiger partial charge on any atom is 0.266 e. The van der Waals surface area contributed by atoms with Gasteiger partial charge in [0.1, 0.15) is 24.0 Å². The molecule has 0 spiro atoms. The van der Waals surface area contributed by atoms with Gasteiger partial charge >= 0.3 is 0 Å². The van der Waals surface area contributed by atoms with Crippen LogP contribution in [0.4, 0.5) is 5.69 Å². The molecule has 0 saturated carbocycles. The van der Waals surface area contributed by atoms with Crippen molar-refractivity contribution in [1.29, 1.82) is 5.26 Å². The van der Waals surface area contributed by atoms with Crippen molar-refractivity contribution in [3.8, 4) is 11.8 Å². The molecule has 30 heavy (non-hydrogen) atoms. The van der Waals surface area contributed by atoms with E-state index in [2.05, 4.69) is 34.0 Å². The maximum absolute atomic E-state index is 12.4. The van der Waals surface area contributed by atoms with E-state index in [1.807, 2.05) is 49.4 Å². The Morgan fingerprint density at radius 3 is 2.60 bits per heavy atom. The number of nitrogens with one attached hydrogen (secondary N) is 1. The van der Waals surface area contributed by atoms with Crippen LogP contribution in [0.1, 0.15) is 16.7 Å². The number of hydrogen-bond acceptors (Lipinski definition) is 3. The van der Waals surface area contributed by atoms with Crippen LogP contribution >= 0.6 is 34.2 Å². The van der Waals surface area contributed by atoms with Gasteiger partial charge in [-0.1, -0.05) is 47.5 Å². The summed E-state index contributed by atoms with van der Waals surface area (Å²) in [6.45, 7) is 2.52. The van der Waals surface area contributed by atoms with E-state index < -0.39 is 5.91 Å². The van der Waals surface area contributed by atoms with Gasteiger partial charge in [-0.3, -0.25) is 4.79 Å². The highest BCUT2D eigenvalue weighted by Crippen LogP contribution is 2.25. The van der Waals surface area contributed by atoms with Crippen LogP contribution in [0.5, 0.6) is 5.75 Å². The summed E-state index contributed by atoms with van der Waals surface area (Å²) in [5.74, 6) is 0.271. The van der Waals surface area contributed by atoms with Crippen LogP contribution < -0.4 is 10.1 Å². The molecule has 0 aliphatic heterocycles. The zero-order valence-corrected chi connectivity index (χ0v) is 19.1. The third-order valence-corrected chi connectivity index (χ3v) is 5.31. The van der Waals surface area contributed by atoms with Gasteiger partial charge in [-0.2, -0.15) is 5.26 Å². The van der Waals surface area contributed by atoms with Crippen LogP contribution in [-0.2, 0) is 11.4 Å². The maximum atomic E-state index is 12.4. The molecule has 3 aromatic rings. The monoisotopic (exact) mass is 528 g/mol. The van der Waals surface area contributed by atoms with E-state index in [0.29, 0.717) is 17.3 Å². The average molecular weight is 529 g/mol. The molecule has 0 aliphatic carbocycles. The van der Waals surface area contributed by atoms with E-state index in [0.717, 1.165) is 20.4 Å². The summed E-state index contributed by atoms with van der Waals surface area (Å²) in [7, 11) is 0. The SMILES string of the molecule is Cc1cccc(COc2ccc(/C=C(/C#N)C(=O)Nc3ccc(Cl)cc3)cc2I)c1. The van der Waals surface area contributed by atoms with Crippen molar-refractivity contribution in [2.75, 3.05) is 5.32 Å². The van der Waals surface area contributed by atoms with Gasteiger partial charge in [-0.15, -0.1) is 0 Å². The molecule has 0 aromatic heterocycles. The van der Waals surface area contributed by atoms with Gasteiger partial charge in [0.25, 0.3) is 5.91 Å². The number of benzene rings is 3. The first-order valence-electron chi connectivity index (χ1n) is 9.11. The van der Waals surface area contributed by atoms with E-state index in [1.54, 1.807) is 30.3 Å². The number of nitrogens with zero attached hydrogens (tertiary/aromatic N) is 1. The summed E-state index contributed by atoms with van der Waals surface area (Å²) in [6.07, 6.45) is 1.55. The Morgan fingerprint density at radius 2 is 1.93 bits per heavy atom. The summed E-state index contributed by atoms with van der Waals surface area (Å²) < 4.78 is 6.81. The molecular formula is C24H18ClIN2O2. The van der Waals surface area contributed by atoms with Crippen molar-refractivity contribution >= 4 is 51.9 Å². The number of hydrogen-bond donors (Lipinski definition) is 1. The van der Waals surface area contributed by atoms with Gasteiger partial charge in [-0.05, 0) is 83.1 Å². The Balaban J connectivity index is 1.70. The van der Waals surface area contributed by atoms with Crippen molar-refractivity contribution in [2.45, 2.75) is 13.5 Å². The van der Waals surface area contributed by atoms with Gasteiger partial charge in [0.2, 0.25) is 0 Å². The highest BCUT2D eigenvalue weighted by atomic mass is 127. The number of amides is 1. The predicted octanol–water partition coefficient (Wildman–Crippen LogP) is 6.38. The fourth-order valence-electron chi connectivity index (χ4n) is 2.73. The highest BCUT2D eigenvalue weighted by Gasteiger charge is 2.10. The van der Waals surface area contributed by atoms with E-state index in [1.165, 1.54) is 5.56 Å². The van der Waals surface area contributed by atoms with Crippen LogP contribution in [0.15, 0.2) is 72.3 Å². The number of carbonyl (C=O) groups excluding carboxylic acids is 1. The fraction of sp³-hybridized carbons (Fsp3) is 0.0833. The molecule has 0 bridgehead atoms. The number of halogens is 2. The third kappa shape index (κ3) is 6.09. The number of ether oxygens (including phenoxy) is 1. The molecule has 0 fully saturated rings. The van der Waals surface area contributed by atoms with Crippen molar-refractivity contribution in [3.05, 3.63) is 97.6 Å². The van der Waals surface area contributed by atoms with Gasteiger partial charge in [0, 0.05) is 10.7 Å². The summed E-state index contributed by atoms with van der Waals surface area (Å²) in [5.41, 5.74) is 3.60. The Morgan fingerprint density at radius 1 is 1.17 bits per heavy atom. The summed E-state index contributed by atoms with van der Waals surface area (Å²) in [4.78, 5) is 12.4. The topological polar surface area (TPSA) is 62.1 Å². The number of rotatable bonds is 6. The normalized spacial score (nSPS) is 10.9. The second kappa shape index (κ2) is 10.3. The largest absolute Gasteiger partial charge is 0.488 e. The average Bonchev–Trinajstić information content (AvgIpc) is 2.73. The number of carbonyl (C=O) groups is 1. The second-order valence-electron chi connectivity index (χ2n) is 6.60. The second-order valence-corrected chi connectivity index (χ2v) is 8.20. The Hall–Kier alpha value is -2.82. The number of aryl methyl sites for hydroxylation is 1. The van der Waals surface area contributed by atoms with E-state index in [-0.39, 0.29) is 5.57 Å². The Labute approximate surface area is 194 Å². The number of nitriles is 1. The molecule has 1 amide bonds. The van der Waals surface area contributed by atoms with Gasteiger partial charge < -0.3 is 10.1 Å². The van der Waals surface area contributed by atoms with Crippen molar-refractivity contribution in [2.24, 2.45) is 0 Å². The van der Waals surface area contributed by atoms with Gasteiger partial charge in [-0.25, -0.2) is 0 Å². The first kappa shape index (κ1) is 21.9. The lowest BCUT2D eigenvalue weighted by atomic mass is 10.1. The minimum Gasteiger partial charge on any atom is -0.488 e. The first-order valence-corrected chi connectivity index (χ1v) is 10.6. The van der Waals surface area contributed by atoms with Crippen LogP contribution in [0.25, 0.3) is 6.08 Å². The molecule has 1 N–H and O–H groups in total. The predicted molar refractivity (Wildman–Crippen MR) is 128 cm³/mol. The number of anilines is 1. The zero-order chi connectivity index (χ0) is 21.5. The molecular weight excluding hydrogens is 511 g/mol. The first-order chi connectivity index (χ1) is 14.4. The molecule has 3 aromatic carbocycles. The van der Waals surface area contributed by atoms with Crippen molar-refractivity contribution < 1.29 is 9.53 Å². The van der Waals surface area contributed by atoms with Gasteiger partial charge in [0.05, 0.1) is 3.57 Å². The van der Waals surface area contributed by atoms with Crippen molar-refractivity contribution in [3.63, 3.8) is 0 Å². The summed E-state index contributed by atoms with van der Waals surface area (Å²) >= 11 is 8.03. The summed E-state index contributed by atoms with van der Waals surface area (Å²) in [5, 5.41) is 12.7. The van der Waals surface area contributed by atoms with Crippen molar-refractivity contribution in [1.82, 2.24) is 0 Å². The summed E-state index contributed by atoms with van der Waals surface area (Å²) in [6, 6.07) is 22.4. The van der Waals surface area contributed by atoms with E-state index in [4.69, 9.17) is 16.3 Å². The minimum absolute atomic E-state index is 0.00850. The zero-order valence-electron chi connectivity index (χ0n) is 16.2. The minimum atomic E-state index is -0.477. The van der Waals surface area contributed by atoms with E-state index in [9.17, 15) is 10.1 Å². The highest BCUT2D eigenvalue weighted by molar-refractivity contribution is 14.1. The molecule has 0 atom stereocenters. The van der Waals surface area contributed by atoms with Gasteiger partial charge in [0.15, 0.2) is 0 Å². The fourth-order valence-corrected chi connectivity index (χ4v) is 3.55. The molecule has 4 nitrogen and oxygen atoms in total. The van der Waals surface area contributed by atoms with Crippen LogP contribution in [0, 0.1) is 21.8 Å². The molecule has 0 heterocycles. The smallest absolute Gasteiger partial charge is 0.266 e. The van der Waals surface area contributed by atoms with Crippen LogP contribution in [0.2, 0.25) is 5.02 Å².